The molecule has 26 heteroatoms. The van der Waals surface area contributed by atoms with Crippen LogP contribution in [0.25, 0.3) is 0 Å². The summed E-state index contributed by atoms with van der Waals surface area (Å²) in [5, 5.41) is 32.2. The van der Waals surface area contributed by atoms with Crippen LogP contribution in [0.5, 0.6) is 0 Å². The second kappa shape index (κ2) is 27.3. The maximum atomic E-state index is 13.7. The van der Waals surface area contributed by atoms with Crippen LogP contribution in [0.2, 0.25) is 0 Å². The fraction of sp³-hybridized carbons (Fsp3) is 0.387. The van der Waals surface area contributed by atoms with Gasteiger partial charge in [0.1, 0.15) is 19.8 Å². The first-order chi connectivity index (χ1) is 41.3. The highest BCUT2D eigenvalue weighted by Crippen LogP contribution is 2.47. The Balaban J connectivity index is 0.000000251. The Bertz CT molecular complexity index is 3250. The number of aliphatic hydroxyl groups is 2. The number of carbonyl (C=O) groups is 2. The highest BCUT2D eigenvalue weighted by Gasteiger charge is 2.58. The molecule has 88 heavy (non-hydrogen) atoms. The lowest BCUT2D eigenvalue weighted by Gasteiger charge is -2.52. The van der Waals surface area contributed by atoms with Gasteiger partial charge in [-0.25, -0.2) is 9.59 Å². The summed E-state index contributed by atoms with van der Waals surface area (Å²) in [6, 6.07) is 36.8. The number of alkyl halides is 12. The number of nitro groups is 1. The number of likely N-dealkylation sites (tertiary alicyclic amines) is 2. The van der Waals surface area contributed by atoms with E-state index in [-0.39, 0.29) is 69.7 Å². The molecule has 14 nitrogen and oxygen atoms in total. The minimum Gasteiger partial charge on any atom is -0.445 e. The van der Waals surface area contributed by atoms with Gasteiger partial charge in [0, 0.05) is 17.9 Å². The number of carbonyl (C=O) groups excluding carboxylic acids is 2. The van der Waals surface area contributed by atoms with Crippen LogP contribution >= 0.6 is 0 Å². The first-order valence-corrected chi connectivity index (χ1v) is 27.3. The van der Waals surface area contributed by atoms with Crippen LogP contribution in [0, 0.1) is 10.1 Å². The minimum atomic E-state index is -5.07. The second-order valence-electron chi connectivity index (χ2n) is 21.8. The topological polar surface area (TPSA) is 187 Å². The van der Waals surface area contributed by atoms with E-state index < -0.39 is 130 Å². The molecule has 6 atom stereocenters. The summed E-state index contributed by atoms with van der Waals surface area (Å²) < 4.78 is 185. The number of amides is 2. The van der Waals surface area contributed by atoms with Crippen LogP contribution in [0.3, 0.4) is 0 Å². The van der Waals surface area contributed by atoms with Crippen LogP contribution in [0.4, 0.5) is 62.3 Å². The van der Waals surface area contributed by atoms with Gasteiger partial charge in [-0.1, -0.05) is 121 Å². The van der Waals surface area contributed by atoms with Gasteiger partial charge in [0.2, 0.25) is 0 Å². The predicted octanol–water partition coefficient (Wildman–Crippen LogP) is 14.0. The van der Waals surface area contributed by atoms with Crippen molar-refractivity contribution < 1.29 is 96.4 Å². The number of benzene rings is 6. The normalized spacial score (nSPS) is 21.6. The molecule has 0 spiro atoms. The third-order valence-electron chi connectivity index (χ3n) is 15.8. The van der Waals surface area contributed by atoms with Crippen LogP contribution in [-0.4, -0.2) is 87.7 Å². The number of aliphatic hydroxyl groups excluding tert-OH is 2. The van der Waals surface area contributed by atoms with Gasteiger partial charge in [0.15, 0.2) is 0 Å². The molecule has 6 aromatic carbocycles. The smallest absolute Gasteiger partial charge is 0.416 e. The van der Waals surface area contributed by atoms with Crippen LogP contribution in [-0.2, 0) is 67.9 Å². The van der Waals surface area contributed by atoms with E-state index in [1.54, 1.807) is 121 Å². The molecule has 0 aromatic heterocycles. The Hall–Kier alpha value is -7.78. The van der Waals surface area contributed by atoms with Gasteiger partial charge in [-0.05, 0) is 103 Å². The molecule has 2 fully saturated rings. The molecule has 0 aliphatic carbocycles. The molecule has 0 saturated carbocycles. The maximum Gasteiger partial charge on any atom is 0.416 e. The molecule has 0 radical (unpaired) electrons. The van der Waals surface area contributed by atoms with Crippen molar-refractivity contribution in [1.29, 1.82) is 0 Å². The second-order valence-corrected chi connectivity index (χ2v) is 21.8. The average Bonchev–Trinajstić information content (AvgIpc) is 1.30. The lowest BCUT2D eigenvalue weighted by Crippen LogP contribution is -2.66. The first kappa shape index (κ1) is 67.7. The van der Waals surface area contributed by atoms with Crippen LogP contribution in [0.15, 0.2) is 158 Å². The number of piperidine rings is 2. The zero-order chi connectivity index (χ0) is 64.5. The van der Waals surface area contributed by atoms with Gasteiger partial charge in [0.05, 0.1) is 77.4 Å². The quantitative estimate of drug-likeness (QED) is 0.0448. The molecule has 2 saturated heterocycles. The van der Waals surface area contributed by atoms with Gasteiger partial charge >= 0.3 is 36.9 Å². The third kappa shape index (κ3) is 16.1. The van der Waals surface area contributed by atoms with Crippen molar-refractivity contribution in [3.05, 3.63) is 223 Å². The largest absolute Gasteiger partial charge is 0.445 e. The van der Waals surface area contributed by atoms with Crippen LogP contribution in [0.1, 0.15) is 107 Å². The lowest BCUT2D eigenvalue weighted by molar-refractivity contribution is -0.579. The molecular weight excluding hydrogens is 1190 g/mol. The molecule has 2 heterocycles. The first-order valence-electron chi connectivity index (χ1n) is 27.3. The molecule has 474 valence electrons. The number of halogens is 12. The summed E-state index contributed by atoms with van der Waals surface area (Å²) in [4.78, 5) is 41.2. The Morgan fingerprint density at radius 1 is 0.523 bits per heavy atom. The summed E-state index contributed by atoms with van der Waals surface area (Å²) >= 11 is 0. The molecule has 6 aromatic rings. The average molecular weight is 1250 g/mol. The Labute approximate surface area is 497 Å². The van der Waals surface area contributed by atoms with Gasteiger partial charge < -0.3 is 34.9 Å². The zero-order valence-corrected chi connectivity index (χ0v) is 47.3. The standard InChI is InChI=1S/C31H30F6N2O6.C31H32F6N2O4/c1-21(23-14-25(30(32,33)34)16-26(15-23)31(35,36)37)45-20-29(24-10-6-3-7-11-24)13-12-28(19-40,39(42)43)18-38(29)27(41)44-17-22-8-4-2-5-9-22;1-21(23-14-25(30(32,33)34)16-26(15-23)31(35,36)37)43-20-29(24-10-6-3-7-11-24)13-12-28(38,19-40)18-39(29)27(41)42-17-22-8-4-2-5-9-22/h2-11,14-16,21,40H,12-13,17-20H2,1H3;2-11,14-16,21,40H,12-13,17-20,38H2,1H3/t2*21-,28+,29-/m11/s1. The summed E-state index contributed by atoms with van der Waals surface area (Å²) in [6.45, 7) is -0.554. The number of hydrogen-bond acceptors (Lipinski definition) is 11. The number of nitrogens with two attached hydrogens (primary N) is 1. The number of hydrogen-bond donors (Lipinski definition) is 3. The van der Waals surface area contributed by atoms with E-state index in [0.29, 0.717) is 46.5 Å². The third-order valence-corrected chi connectivity index (χ3v) is 15.8. The van der Waals surface area contributed by atoms with Crippen LogP contribution < -0.4 is 5.73 Å². The van der Waals surface area contributed by atoms with E-state index in [0.717, 1.165) is 4.90 Å². The Morgan fingerprint density at radius 2 is 0.852 bits per heavy atom. The van der Waals surface area contributed by atoms with Gasteiger partial charge in [-0.15, -0.1) is 0 Å². The molecule has 4 N–H and O–H groups in total. The van der Waals surface area contributed by atoms with Crippen molar-refractivity contribution in [2.75, 3.05) is 39.5 Å². The lowest BCUT2D eigenvalue weighted by atomic mass is 9.75. The minimum absolute atomic E-state index is 0.0133. The molecule has 2 amide bonds. The summed E-state index contributed by atoms with van der Waals surface area (Å²) in [5.41, 5.74) is -3.83. The summed E-state index contributed by atoms with van der Waals surface area (Å²) in [7, 11) is 0. The number of nitrogens with zero attached hydrogens (tertiary/aromatic N) is 3. The van der Waals surface area contributed by atoms with Crippen molar-refractivity contribution in [3.63, 3.8) is 0 Å². The number of rotatable bonds is 17. The highest BCUT2D eigenvalue weighted by atomic mass is 19.4. The zero-order valence-electron chi connectivity index (χ0n) is 47.3. The molecular formula is C62H62F12N4O10. The van der Waals surface area contributed by atoms with Gasteiger partial charge in [-0.3, -0.25) is 19.9 Å². The summed E-state index contributed by atoms with van der Waals surface area (Å²) in [6.07, 6.45) is -24.5. The van der Waals surface area contributed by atoms with E-state index in [9.17, 15) is 82.6 Å². The molecule has 0 unspecified atom stereocenters. The Kier molecular flexibility index (Phi) is 21.0. The molecule has 2 aliphatic heterocycles. The van der Waals surface area contributed by atoms with Gasteiger partial charge in [-0.2, -0.15) is 52.7 Å². The molecule has 0 bridgehead atoms. The Morgan fingerprint density at radius 3 is 1.17 bits per heavy atom. The number of ether oxygens (including phenoxy) is 4. The summed E-state index contributed by atoms with van der Waals surface area (Å²) in [5.74, 6) is 0. The monoisotopic (exact) mass is 1250 g/mol. The van der Waals surface area contributed by atoms with Gasteiger partial charge in [0.25, 0.3) is 5.54 Å². The fourth-order valence-corrected chi connectivity index (χ4v) is 10.5. The van der Waals surface area contributed by atoms with E-state index >= 15 is 0 Å². The van der Waals surface area contributed by atoms with E-state index in [2.05, 4.69) is 0 Å². The van der Waals surface area contributed by atoms with Crippen molar-refractivity contribution >= 4 is 12.2 Å². The van der Waals surface area contributed by atoms with Crippen molar-refractivity contribution in [2.45, 2.75) is 112 Å². The molecule has 8 rings (SSSR count). The molecule has 2 aliphatic rings. The van der Waals surface area contributed by atoms with E-state index in [4.69, 9.17) is 24.7 Å². The SMILES string of the molecule is C[C@@H](OC[C@@]1(c2ccccc2)CC[C@@](N)(CO)CN1C(=O)OCc1ccccc1)c1cc(C(F)(F)F)cc(C(F)(F)F)c1.C[C@@H](OC[C@@]1(c2ccccc2)CC[C@](CO)([N+](=O)[O-])CN1C(=O)OCc1ccccc1)c1cc(C(F)(F)F)cc(C(F)(F)F)c1. The highest BCUT2D eigenvalue weighted by molar-refractivity contribution is 5.70. The van der Waals surface area contributed by atoms with Crippen molar-refractivity contribution in [3.8, 4) is 0 Å². The fourth-order valence-electron chi connectivity index (χ4n) is 10.5. The maximum absolute atomic E-state index is 13.7. The van der Waals surface area contributed by atoms with Crippen molar-refractivity contribution in [1.82, 2.24) is 9.80 Å². The van der Waals surface area contributed by atoms with Crippen molar-refractivity contribution in [2.24, 2.45) is 5.73 Å². The van der Waals surface area contributed by atoms with E-state index in [1.807, 2.05) is 0 Å². The predicted molar refractivity (Wildman–Crippen MR) is 294 cm³/mol. The van der Waals surface area contributed by atoms with E-state index in [1.165, 1.54) is 18.7 Å².